The number of benzene rings is 1. The maximum atomic E-state index is 12.7. The van der Waals surface area contributed by atoms with E-state index in [4.69, 9.17) is 4.42 Å². The molecule has 27 heavy (non-hydrogen) atoms. The highest BCUT2D eigenvalue weighted by molar-refractivity contribution is 6.03. The molecule has 2 heterocycles. The molecule has 1 aliphatic heterocycles. The number of nitrogens with zero attached hydrogens (tertiary/aromatic N) is 2. The average Bonchev–Trinajstić information content (AvgIpc) is 3.18. The SMILES string of the molecule is CCN(CC)C(CNC(=O)c1ccc2c(c1)NC(=O)CN2C)c1ccco1. The molecule has 1 aromatic carbocycles. The molecule has 0 saturated heterocycles. The molecule has 2 aromatic rings. The van der Waals surface area contributed by atoms with Crippen molar-refractivity contribution in [1.29, 1.82) is 0 Å². The predicted octanol–water partition coefficient (Wildman–Crippen LogP) is 2.48. The van der Waals surface area contributed by atoms with Gasteiger partial charge >= 0.3 is 0 Å². The standard InChI is InChI=1S/C20H26N4O3/c1-4-24(5-2)17(18-7-6-10-27-18)12-21-20(26)14-8-9-16-15(11-14)22-19(25)13-23(16)3/h6-11,17H,4-5,12-13H2,1-3H3,(H,21,26)(H,22,25). The van der Waals surface area contributed by atoms with Crippen LogP contribution < -0.4 is 15.5 Å². The van der Waals surface area contributed by atoms with Gasteiger partial charge in [-0.25, -0.2) is 0 Å². The Morgan fingerprint density at radius 3 is 2.78 bits per heavy atom. The summed E-state index contributed by atoms with van der Waals surface area (Å²) >= 11 is 0. The van der Waals surface area contributed by atoms with Gasteiger partial charge in [-0.3, -0.25) is 14.5 Å². The fourth-order valence-electron chi connectivity index (χ4n) is 3.45. The third-order valence-electron chi connectivity index (χ3n) is 4.91. The van der Waals surface area contributed by atoms with E-state index >= 15 is 0 Å². The van der Waals surface area contributed by atoms with Crippen LogP contribution in [0.25, 0.3) is 0 Å². The van der Waals surface area contributed by atoms with Crippen LogP contribution in [0.4, 0.5) is 11.4 Å². The van der Waals surface area contributed by atoms with E-state index in [1.54, 1.807) is 18.4 Å². The molecule has 1 aromatic heterocycles. The summed E-state index contributed by atoms with van der Waals surface area (Å²) < 4.78 is 5.57. The van der Waals surface area contributed by atoms with E-state index in [1.807, 2.05) is 30.1 Å². The van der Waals surface area contributed by atoms with Gasteiger partial charge in [0, 0.05) is 19.2 Å². The molecule has 0 saturated carbocycles. The Hall–Kier alpha value is -2.80. The first-order valence-corrected chi connectivity index (χ1v) is 9.24. The summed E-state index contributed by atoms with van der Waals surface area (Å²) in [6, 6.07) is 9.12. The lowest BCUT2D eigenvalue weighted by molar-refractivity contribution is -0.115. The number of rotatable bonds is 7. The molecule has 1 aliphatic rings. The van der Waals surface area contributed by atoms with Crippen molar-refractivity contribution in [2.75, 3.05) is 43.4 Å². The van der Waals surface area contributed by atoms with Gasteiger partial charge in [-0.15, -0.1) is 0 Å². The second kappa shape index (κ2) is 8.26. The van der Waals surface area contributed by atoms with E-state index in [0.717, 1.165) is 24.5 Å². The molecule has 0 fully saturated rings. The summed E-state index contributed by atoms with van der Waals surface area (Å²) in [5.41, 5.74) is 2.08. The normalized spacial score (nSPS) is 14.7. The van der Waals surface area contributed by atoms with Gasteiger partial charge in [-0.05, 0) is 43.4 Å². The van der Waals surface area contributed by atoms with Crippen LogP contribution in [-0.4, -0.2) is 49.9 Å². The van der Waals surface area contributed by atoms with Crippen LogP contribution >= 0.6 is 0 Å². The van der Waals surface area contributed by atoms with Gasteiger partial charge < -0.3 is 20.0 Å². The van der Waals surface area contributed by atoms with Crippen molar-refractivity contribution in [2.45, 2.75) is 19.9 Å². The van der Waals surface area contributed by atoms with Crippen LogP contribution in [0.15, 0.2) is 41.0 Å². The van der Waals surface area contributed by atoms with Gasteiger partial charge in [-0.2, -0.15) is 0 Å². The number of carbonyl (C=O) groups excluding carboxylic acids is 2. The summed E-state index contributed by atoms with van der Waals surface area (Å²) in [6.07, 6.45) is 1.65. The number of hydrogen-bond donors (Lipinski definition) is 2. The maximum absolute atomic E-state index is 12.7. The van der Waals surface area contributed by atoms with Gasteiger partial charge in [0.15, 0.2) is 0 Å². The molecular weight excluding hydrogens is 344 g/mol. The number of anilines is 2. The topological polar surface area (TPSA) is 77.8 Å². The van der Waals surface area contributed by atoms with Crippen molar-refractivity contribution in [3.05, 3.63) is 47.9 Å². The monoisotopic (exact) mass is 370 g/mol. The lowest BCUT2D eigenvalue weighted by atomic mass is 10.1. The van der Waals surface area contributed by atoms with Crippen molar-refractivity contribution < 1.29 is 14.0 Å². The number of nitrogens with one attached hydrogen (secondary N) is 2. The zero-order chi connectivity index (χ0) is 19.4. The van der Waals surface area contributed by atoms with E-state index in [1.165, 1.54) is 0 Å². The number of likely N-dealkylation sites (N-methyl/N-ethyl adjacent to an activating group) is 2. The van der Waals surface area contributed by atoms with Gasteiger partial charge in [0.05, 0.1) is 30.2 Å². The first kappa shape index (κ1) is 19.0. The highest BCUT2D eigenvalue weighted by atomic mass is 16.3. The molecule has 0 spiro atoms. The summed E-state index contributed by atoms with van der Waals surface area (Å²) in [5, 5.41) is 5.82. The second-order valence-electron chi connectivity index (χ2n) is 6.60. The van der Waals surface area contributed by atoms with Crippen molar-refractivity contribution in [2.24, 2.45) is 0 Å². The second-order valence-corrected chi connectivity index (χ2v) is 6.60. The molecule has 3 rings (SSSR count). The van der Waals surface area contributed by atoms with Crippen LogP contribution in [0.5, 0.6) is 0 Å². The lowest BCUT2D eigenvalue weighted by Gasteiger charge is -2.29. The van der Waals surface area contributed by atoms with Gasteiger partial charge in [0.2, 0.25) is 5.91 Å². The smallest absolute Gasteiger partial charge is 0.251 e. The fourth-order valence-corrected chi connectivity index (χ4v) is 3.45. The van der Waals surface area contributed by atoms with Crippen molar-refractivity contribution in [3.63, 3.8) is 0 Å². The molecule has 0 bridgehead atoms. The van der Waals surface area contributed by atoms with E-state index in [9.17, 15) is 9.59 Å². The summed E-state index contributed by atoms with van der Waals surface area (Å²) in [7, 11) is 1.86. The van der Waals surface area contributed by atoms with Crippen LogP contribution in [-0.2, 0) is 4.79 Å². The van der Waals surface area contributed by atoms with Crippen molar-refractivity contribution >= 4 is 23.2 Å². The largest absolute Gasteiger partial charge is 0.468 e. The van der Waals surface area contributed by atoms with Gasteiger partial charge in [0.1, 0.15) is 5.76 Å². The Bertz CT molecular complexity index is 800. The zero-order valence-corrected chi connectivity index (χ0v) is 16.0. The summed E-state index contributed by atoms with van der Waals surface area (Å²) in [4.78, 5) is 28.5. The molecule has 0 radical (unpaired) electrons. The first-order chi connectivity index (χ1) is 13.0. The molecular formula is C20H26N4O3. The summed E-state index contributed by atoms with van der Waals surface area (Å²) in [5.74, 6) is 0.573. The quantitative estimate of drug-likeness (QED) is 0.783. The van der Waals surface area contributed by atoms with E-state index in [-0.39, 0.29) is 17.9 Å². The molecule has 0 aliphatic carbocycles. The molecule has 2 N–H and O–H groups in total. The highest BCUT2D eigenvalue weighted by Crippen LogP contribution is 2.29. The Labute approximate surface area is 159 Å². The van der Waals surface area contributed by atoms with E-state index in [0.29, 0.717) is 24.3 Å². The zero-order valence-electron chi connectivity index (χ0n) is 16.0. The molecule has 7 heteroatoms. The predicted molar refractivity (Wildman–Crippen MR) is 105 cm³/mol. The Kier molecular flexibility index (Phi) is 5.81. The summed E-state index contributed by atoms with van der Waals surface area (Å²) in [6.45, 7) is 6.64. The van der Waals surface area contributed by atoms with Crippen molar-refractivity contribution in [1.82, 2.24) is 10.2 Å². The third-order valence-corrected chi connectivity index (χ3v) is 4.91. The van der Waals surface area contributed by atoms with Gasteiger partial charge in [-0.1, -0.05) is 13.8 Å². The maximum Gasteiger partial charge on any atom is 0.251 e. The minimum absolute atomic E-state index is 0.0255. The minimum Gasteiger partial charge on any atom is -0.468 e. The van der Waals surface area contributed by atoms with Crippen LogP contribution in [0, 0.1) is 0 Å². The first-order valence-electron chi connectivity index (χ1n) is 9.24. The fraction of sp³-hybridized carbons (Fsp3) is 0.400. The van der Waals surface area contributed by atoms with Crippen molar-refractivity contribution in [3.8, 4) is 0 Å². The van der Waals surface area contributed by atoms with Crippen LogP contribution in [0.3, 0.4) is 0 Å². The molecule has 144 valence electrons. The molecule has 1 unspecified atom stereocenters. The Morgan fingerprint density at radius 2 is 2.11 bits per heavy atom. The number of amides is 2. The Balaban J connectivity index is 1.73. The van der Waals surface area contributed by atoms with E-state index < -0.39 is 0 Å². The molecule has 2 amide bonds. The van der Waals surface area contributed by atoms with Gasteiger partial charge in [0.25, 0.3) is 5.91 Å². The third kappa shape index (κ3) is 4.14. The molecule has 7 nitrogen and oxygen atoms in total. The number of carbonyl (C=O) groups is 2. The number of furan rings is 1. The average molecular weight is 370 g/mol. The number of hydrogen-bond acceptors (Lipinski definition) is 5. The van der Waals surface area contributed by atoms with Crippen LogP contribution in [0.1, 0.15) is 36.0 Å². The Morgan fingerprint density at radius 1 is 1.33 bits per heavy atom. The molecule has 1 atom stereocenters. The number of fused-ring (bicyclic) bond motifs is 1. The lowest BCUT2D eigenvalue weighted by Crippen LogP contribution is -2.38. The van der Waals surface area contributed by atoms with Crippen LogP contribution in [0.2, 0.25) is 0 Å². The highest BCUT2D eigenvalue weighted by Gasteiger charge is 2.23. The van der Waals surface area contributed by atoms with E-state index in [2.05, 4.69) is 29.4 Å². The minimum atomic E-state index is -0.177.